The van der Waals surface area contributed by atoms with Gasteiger partial charge < -0.3 is 15.4 Å². The first-order valence-electron chi connectivity index (χ1n) is 12.7. The fraction of sp³-hybridized carbons (Fsp3) is 0.464. The standard InChI is InChI=1S/C28H36FN3O5/c1-17(2)18(3)25-23(26(33)32-36)5-4-14-37-22-12-8-19(9-13-22)15-24(31-28(25)35)27(34)30-16-20-6-10-21(29)11-7-20/h6-13,17-18,23-25,36H,4-5,14-16H2,1-3H3,(H,30,34)(H,31,35)(H,32,33)/t18?,23-,24-,25+/m0/s1. The molecule has 0 aliphatic carbocycles. The summed E-state index contributed by atoms with van der Waals surface area (Å²) in [6.07, 6.45) is 1.04. The molecular formula is C28H36FN3O5. The Bertz CT molecular complexity index is 1060. The number of hydrogen-bond acceptors (Lipinski definition) is 5. The lowest BCUT2D eigenvalue weighted by Crippen LogP contribution is -2.53. The van der Waals surface area contributed by atoms with Crippen LogP contribution in [0.1, 0.15) is 44.7 Å². The van der Waals surface area contributed by atoms with Crippen molar-refractivity contribution in [2.75, 3.05) is 6.61 Å². The molecule has 2 heterocycles. The smallest absolute Gasteiger partial charge is 0.247 e. The Morgan fingerprint density at radius 2 is 1.76 bits per heavy atom. The van der Waals surface area contributed by atoms with Crippen LogP contribution in [0.4, 0.5) is 4.39 Å². The second kappa shape index (κ2) is 13.2. The van der Waals surface area contributed by atoms with E-state index >= 15 is 0 Å². The van der Waals surface area contributed by atoms with E-state index in [4.69, 9.17) is 4.74 Å². The van der Waals surface area contributed by atoms with Gasteiger partial charge in [0.25, 0.3) is 0 Å². The Labute approximate surface area is 216 Å². The number of nitrogens with one attached hydrogen (secondary N) is 3. The van der Waals surface area contributed by atoms with E-state index < -0.39 is 35.6 Å². The molecule has 4 atom stereocenters. The van der Waals surface area contributed by atoms with Crippen LogP contribution < -0.4 is 20.9 Å². The molecule has 4 rings (SSSR count). The number of carbonyl (C=O) groups is 3. The fourth-order valence-corrected chi connectivity index (χ4v) is 4.60. The lowest BCUT2D eigenvalue weighted by molar-refractivity contribution is -0.143. The van der Waals surface area contributed by atoms with Gasteiger partial charge in [-0.2, -0.15) is 0 Å². The minimum absolute atomic E-state index is 0.0671. The molecule has 9 heteroatoms. The van der Waals surface area contributed by atoms with Gasteiger partial charge in [0, 0.05) is 13.0 Å². The van der Waals surface area contributed by atoms with Crippen molar-refractivity contribution in [3.8, 4) is 5.75 Å². The molecule has 3 amide bonds. The number of fused-ring (bicyclic) bond motifs is 11. The van der Waals surface area contributed by atoms with E-state index in [0.717, 1.165) is 11.1 Å². The first-order valence-corrected chi connectivity index (χ1v) is 12.7. The van der Waals surface area contributed by atoms with Crippen LogP contribution in [0.3, 0.4) is 0 Å². The van der Waals surface area contributed by atoms with Gasteiger partial charge in [0.2, 0.25) is 17.7 Å². The summed E-state index contributed by atoms with van der Waals surface area (Å²) in [4.78, 5) is 39.7. The summed E-state index contributed by atoms with van der Waals surface area (Å²) < 4.78 is 19.0. The molecule has 2 bridgehead atoms. The fourth-order valence-electron chi connectivity index (χ4n) is 4.60. The number of rotatable bonds is 6. The zero-order valence-corrected chi connectivity index (χ0v) is 21.5. The minimum atomic E-state index is -0.914. The zero-order chi connectivity index (χ0) is 26.9. The highest BCUT2D eigenvalue weighted by atomic mass is 19.1. The molecule has 2 aliphatic heterocycles. The van der Waals surface area contributed by atoms with Crippen molar-refractivity contribution in [1.29, 1.82) is 0 Å². The van der Waals surface area contributed by atoms with E-state index in [0.29, 0.717) is 25.2 Å². The van der Waals surface area contributed by atoms with Gasteiger partial charge in [-0.15, -0.1) is 0 Å². The highest BCUT2D eigenvalue weighted by molar-refractivity contribution is 5.91. The lowest BCUT2D eigenvalue weighted by Gasteiger charge is -2.33. The molecule has 0 saturated heterocycles. The van der Waals surface area contributed by atoms with E-state index in [-0.39, 0.29) is 30.6 Å². The Morgan fingerprint density at radius 3 is 2.38 bits per heavy atom. The van der Waals surface area contributed by atoms with E-state index in [1.165, 1.54) is 12.1 Å². The van der Waals surface area contributed by atoms with Crippen molar-refractivity contribution in [1.82, 2.24) is 16.1 Å². The highest BCUT2D eigenvalue weighted by Crippen LogP contribution is 2.31. The van der Waals surface area contributed by atoms with Gasteiger partial charge in [0.1, 0.15) is 17.6 Å². The second-order valence-corrected chi connectivity index (χ2v) is 9.96. The largest absolute Gasteiger partial charge is 0.494 e. The van der Waals surface area contributed by atoms with Crippen LogP contribution in [0, 0.1) is 29.5 Å². The van der Waals surface area contributed by atoms with Crippen LogP contribution in [-0.2, 0) is 27.3 Å². The molecule has 8 nitrogen and oxygen atoms in total. The monoisotopic (exact) mass is 513 g/mol. The van der Waals surface area contributed by atoms with Gasteiger partial charge in [-0.05, 0) is 60.1 Å². The summed E-state index contributed by atoms with van der Waals surface area (Å²) in [5.74, 6) is -2.89. The number of halogens is 1. The summed E-state index contributed by atoms with van der Waals surface area (Å²) in [6.45, 7) is 6.35. The molecule has 0 spiro atoms. The predicted molar refractivity (Wildman–Crippen MR) is 136 cm³/mol. The summed E-state index contributed by atoms with van der Waals surface area (Å²) in [5.41, 5.74) is 3.26. The van der Waals surface area contributed by atoms with Gasteiger partial charge >= 0.3 is 0 Å². The van der Waals surface area contributed by atoms with Crippen LogP contribution in [-0.4, -0.2) is 35.6 Å². The molecule has 2 aromatic carbocycles. The number of benzene rings is 2. The molecule has 2 aliphatic rings. The van der Waals surface area contributed by atoms with Gasteiger partial charge in [0.05, 0.1) is 18.4 Å². The molecule has 4 N–H and O–H groups in total. The summed E-state index contributed by atoms with van der Waals surface area (Å²) in [7, 11) is 0. The van der Waals surface area contributed by atoms with Crippen LogP contribution in [0.2, 0.25) is 0 Å². The molecule has 1 unspecified atom stereocenters. The Kier molecular flexibility index (Phi) is 10.0. The quantitative estimate of drug-likeness (QED) is 0.349. The Hall–Kier alpha value is -3.46. The molecule has 0 radical (unpaired) electrons. The van der Waals surface area contributed by atoms with Crippen molar-refractivity contribution in [2.24, 2.45) is 23.7 Å². The summed E-state index contributed by atoms with van der Waals surface area (Å²) >= 11 is 0. The molecule has 0 fully saturated rings. The third-order valence-corrected chi connectivity index (χ3v) is 7.11. The van der Waals surface area contributed by atoms with Crippen molar-refractivity contribution in [3.63, 3.8) is 0 Å². The normalized spacial score (nSPS) is 21.4. The first kappa shape index (κ1) is 28.1. The average Bonchev–Trinajstić information content (AvgIpc) is 2.89. The molecule has 0 aromatic heterocycles. The second-order valence-electron chi connectivity index (χ2n) is 9.96. The maximum Gasteiger partial charge on any atom is 0.247 e. The van der Waals surface area contributed by atoms with Crippen LogP contribution in [0.25, 0.3) is 0 Å². The topological polar surface area (TPSA) is 117 Å². The van der Waals surface area contributed by atoms with Crippen LogP contribution in [0.5, 0.6) is 5.75 Å². The molecule has 2 aromatic rings. The van der Waals surface area contributed by atoms with E-state index in [9.17, 15) is 24.0 Å². The maximum atomic E-state index is 13.7. The lowest BCUT2D eigenvalue weighted by atomic mass is 9.74. The third-order valence-electron chi connectivity index (χ3n) is 7.11. The van der Waals surface area contributed by atoms with Crippen LogP contribution >= 0.6 is 0 Å². The van der Waals surface area contributed by atoms with Gasteiger partial charge in [0.15, 0.2) is 0 Å². The van der Waals surface area contributed by atoms with E-state index in [2.05, 4.69) is 10.6 Å². The molecule has 0 saturated carbocycles. The van der Waals surface area contributed by atoms with Crippen molar-refractivity contribution < 1.29 is 28.7 Å². The third kappa shape index (κ3) is 7.76. The SMILES string of the molecule is CC(C)C(C)[C@H]1C(=O)N[C@H](C(=O)NCc2ccc(F)cc2)Cc2ccc(cc2)OCCC[C@@H]1C(=O)NO. The summed E-state index contributed by atoms with van der Waals surface area (Å²) in [6, 6.07) is 12.2. The van der Waals surface area contributed by atoms with Crippen LogP contribution in [0.15, 0.2) is 48.5 Å². The maximum absolute atomic E-state index is 13.7. The molecular weight excluding hydrogens is 477 g/mol. The Balaban J connectivity index is 1.91. The average molecular weight is 514 g/mol. The van der Waals surface area contributed by atoms with Gasteiger partial charge in [-0.25, -0.2) is 9.87 Å². The van der Waals surface area contributed by atoms with Crippen molar-refractivity contribution >= 4 is 17.7 Å². The molecule has 37 heavy (non-hydrogen) atoms. The highest BCUT2D eigenvalue weighted by Gasteiger charge is 2.39. The Morgan fingerprint density at radius 1 is 1.08 bits per heavy atom. The van der Waals surface area contributed by atoms with Gasteiger partial charge in [-0.1, -0.05) is 45.0 Å². The first-order chi connectivity index (χ1) is 17.7. The number of hydrogen-bond donors (Lipinski definition) is 4. The predicted octanol–water partition coefficient (Wildman–Crippen LogP) is 3.37. The number of ether oxygens (including phenoxy) is 1. The summed E-state index contributed by atoms with van der Waals surface area (Å²) in [5, 5.41) is 15.1. The minimum Gasteiger partial charge on any atom is -0.494 e. The van der Waals surface area contributed by atoms with E-state index in [1.54, 1.807) is 29.7 Å². The number of hydroxylamine groups is 1. The number of amides is 3. The van der Waals surface area contributed by atoms with Gasteiger partial charge in [-0.3, -0.25) is 19.6 Å². The molecule has 200 valence electrons. The van der Waals surface area contributed by atoms with Crippen molar-refractivity contribution in [2.45, 2.75) is 52.6 Å². The van der Waals surface area contributed by atoms with E-state index in [1.807, 2.05) is 32.9 Å². The zero-order valence-electron chi connectivity index (χ0n) is 21.5. The van der Waals surface area contributed by atoms with Crippen molar-refractivity contribution in [3.05, 3.63) is 65.5 Å². The number of carbonyl (C=O) groups excluding carboxylic acids is 3.